The van der Waals surface area contributed by atoms with Crippen LogP contribution in [0.25, 0.3) is 0 Å². The summed E-state index contributed by atoms with van der Waals surface area (Å²) in [4.78, 5) is 2.19. The Morgan fingerprint density at radius 2 is 1.88 bits per heavy atom. The quantitative estimate of drug-likeness (QED) is 0.574. The van der Waals surface area contributed by atoms with Crippen molar-refractivity contribution in [2.24, 2.45) is 0 Å². The van der Waals surface area contributed by atoms with Gasteiger partial charge < -0.3 is 14.6 Å². The minimum atomic E-state index is -0.633. The number of nitrogens with zero attached hydrogens (tertiary/aromatic N) is 1. The molecule has 0 aromatic carbocycles. The van der Waals surface area contributed by atoms with Crippen molar-refractivity contribution < 1.29 is 14.6 Å². The lowest BCUT2D eigenvalue weighted by Crippen LogP contribution is -2.40. The summed E-state index contributed by atoms with van der Waals surface area (Å²) in [5, 5.41) is 9.69. The van der Waals surface area contributed by atoms with Gasteiger partial charge in [-0.3, -0.25) is 4.90 Å². The zero-order valence-corrected chi connectivity index (χ0v) is 11.2. The summed E-state index contributed by atoms with van der Waals surface area (Å²) in [6.07, 6.45) is 0.939. The Balaban J connectivity index is 3.48. The molecule has 0 unspecified atom stereocenters. The molecule has 0 bridgehead atoms. The molecule has 4 heteroatoms. The van der Waals surface area contributed by atoms with E-state index in [1.807, 2.05) is 13.8 Å². The van der Waals surface area contributed by atoms with Gasteiger partial charge in [0.2, 0.25) is 0 Å². The summed E-state index contributed by atoms with van der Waals surface area (Å²) in [6, 6.07) is 0. The zero-order chi connectivity index (χ0) is 12.4. The van der Waals surface area contributed by atoms with Crippen LogP contribution in [0.3, 0.4) is 0 Å². The normalized spacial score (nSPS) is 12.4. The maximum atomic E-state index is 9.69. The van der Waals surface area contributed by atoms with E-state index < -0.39 is 5.60 Å². The molecule has 0 aromatic heterocycles. The van der Waals surface area contributed by atoms with Crippen molar-refractivity contribution in [3.05, 3.63) is 0 Å². The topological polar surface area (TPSA) is 41.9 Å². The Labute approximate surface area is 99.5 Å². The fourth-order valence-electron chi connectivity index (χ4n) is 1.50. The van der Waals surface area contributed by atoms with Crippen LogP contribution in [0.1, 0.15) is 27.2 Å². The van der Waals surface area contributed by atoms with Gasteiger partial charge in [-0.25, -0.2) is 0 Å². The van der Waals surface area contributed by atoms with E-state index in [1.165, 1.54) is 0 Å². The molecular weight excluding hydrogens is 206 g/mol. The molecule has 0 atom stereocenters. The van der Waals surface area contributed by atoms with Crippen LogP contribution in [0.4, 0.5) is 0 Å². The maximum absolute atomic E-state index is 9.69. The third kappa shape index (κ3) is 10.4. The van der Waals surface area contributed by atoms with Crippen molar-refractivity contribution in [2.75, 3.05) is 46.6 Å². The molecule has 0 fully saturated rings. The Bertz CT molecular complexity index is 157. The minimum Gasteiger partial charge on any atom is -0.389 e. The predicted molar refractivity (Wildman–Crippen MR) is 65.7 cm³/mol. The van der Waals surface area contributed by atoms with E-state index in [1.54, 1.807) is 7.11 Å². The van der Waals surface area contributed by atoms with E-state index in [0.717, 1.165) is 32.7 Å². The average molecular weight is 233 g/mol. The molecule has 0 saturated carbocycles. The molecule has 0 rings (SSSR count). The lowest BCUT2D eigenvalue weighted by Gasteiger charge is -2.27. The molecule has 0 amide bonds. The van der Waals surface area contributed by atoms with Gasteiger partial charge in [-0.1, -0.05) is 6.92 Å². The highest BCUT2D eigenvalue weighted by Crippen LogP contribution is 2.04. The molecule has 4 nitrogen and oxygen atoms in total. The van der Waals surface area contributed by atoms with Crippen molar-refractivity contribution in [3.8, 4) is 0 Å². The van der Waals surface area contributed by atoms with E-state index in [-0.39, 0.29) is 0 Å². The number of rotatable bonds is 10. The third-order valence-corrected chi connectivity index (χ3v) is 2.25. The molecule has 0 radical (unpaired) electrons. The Kier molecular flexibility index (Phi) is 8.84. The second-order valence-electron chi connectivity index (χ2n) is 4.64. The van der Waals surface area contributed by atoms with Gasteiger partial charge in [-0.15, -0.1) is 0 Å². The third-order valence-electron chi connectivity index (χ3n) is 2.25. The molecule has 0 aliphatic heterocycles. The Morgan fingerprint density at radius 1 is 1.19 bits per heavy atom. The van der Waals surface area contributed by atoms with Gasteiger partial charge in [0.25, 0.3) is 0 Å². The smallest absolute Gasteiger partial charge is 0.0718 e. The maximum Gasteiger partial charge on any atom is 0.0718 e. The first-order chi connectivity index (χ1) is 7.49. The van der Waals surface area contributed by atoms with Crippen molar-refractivity contribution in [1.29, 1.82) is 0 Å². The SMILES string of the molecule is CCN(CCOCCCOC)CC(C)(C)O. The lowest BCUT2D eigenvalue weighted by atomic mass is 10.1. The van der Waals surface area contributed by atoms with Crippen molar-refractivity contribution in [1.82, 2.24) is 4.90 Å². The average Bonchev–Trinajstić information content (AvgIpc) is 2.19. The lowest BCUT2D eigenvalue weighted by molar-refractivity contribution is 0.0231. The molecule has 0 saturated heterocycles. The van der Waals surface area contributed by atoms with Gasteiger partial charge >= 0.3 is 0 Å². The van der Waals surface area contributed by atoms with Crippen LogP contribution >= 0.6 is 0 Å². The summed E-state index contributed by atoms with van der Waals surface area (Å²) >= 11 is 0. The Morgan fingerprint density at radius 3 is 2.38 bits per heavy atom. The summed E-state index contributed by atoms with van der Waals surface area (Å²) in [5.74, 6) is 0. The molecule has 16 heavy (non-hydrogen) atoms. The van der Waals surface area contributed by atoms with E-state index in [9.17, 15) is 5.11 Å². The van der Waals surface area contributed by atoms with Gasteiger partial charge in [0.1, 0.15) is 0 Å². The van der Waals surface area contributed by atoms with Crippen molar-refractivity contribution in [2.45, 2.75) is 32.8 Å². The number of methoxy groups -OCH3 is 1. The van der Waals surface area contributed by atoms with Crippen LogP contribution < -0.4 is 0 Å². The molecule has 0 aromatic rings. The number of hydrogen-bond donors (Lipinski definition) is 1. The molecule has 0 spiro atoms. The van der Waals surface area contributed by atoms with Crippen LogP contribution in [-0.4, -0.2) is 62.2 Å². The first-order valence-corrected chi connectivity index (χ1v) is 6.01. The molecular formula is C12H27NO3. The van der Waals surface area contributed by atoms with Gasteiger partial charge in [-0.2, -0.15) is 0 Å². The monoisotopic (exact) mass is 233 g/mol. The van der Waals surface area contributed by atoms with Crippen LogP contribution in [0.15, 0.2) is 0 Å². The molecule has 0 aliphatic carbocycles. The highest BCUT2D eigenvalue weighted by molar-refractivity contribution is 4.71. The summed E-state index contributed by atoms with van der Waals surface area (Å²) < 4.78 is 10.4. The van der Waals surface area contributed by atoms with E-state index in [2.05, 4.69) is 11.8 Å². The molecule has 0 aliphatic rings. The minimum absolute atomic E-state index is 0.633. The van der Waals surface area contributed by atoms with Gasteiger partial charge in [0.05, 0.1) is 12.2 Å². The Hall–Kier alpha value is -0.160. The second-order valence-corrected chi connectivity index (χ2v) is 4.64. The van der Waals surface area contributed by atoms with Crippen molar-refractivity contribution in [3.63, 3.8) is 0 Å². The summed E-state index contributed by atoms with van der Waals surface area (Å²) in [6.45, 7) is 10.5. The largest absolute Gasteiger partial charge is 0.389 e. The highest BCUT2D eigenvalue weighted by Gasteiger charge is 2.16. The molecule has 0 heterocycles. The van der Waals surface area contributed by atoms with Gasteiger partial charge in [0.15, 0.2) is 0 Å². The predicted octanol–water partition coefficient (Wildman–Crippen LogP) is 1.13. The highest BCUT2D eigenvalue weighted by atomic mass is 16.5. The zero-order valence-electron chi connectivity index (χ0n) is 11.2. The van der Waals surface area contributed by atoms with Crippen molar-refractivity contribution >= 4 is 0 Å². The number of hydrogen-bond acceptors (Lipinski definition) is 4. The van der Waals surface area contributed by atoms with Crippen LogP contribution in [0.5, 0.6) is 0 Å². The molecule has 98 valence electrons. The number of ether oxygens (including phenoxy) is 2. The van der Waals surface area contributed by atoms with Gasteiger partial charge in [-0.05, 0) is 26.8 Å². The number of aliphatic hydroxyl groups is 1. The summed E-state index contributed by atoms with van der Waals surface area (Å²) in [5.41, 5.74) is -0.633. The van der Waals surface area contributed by atoms with Gasteiger partial charge in [0, 0.05) is 33.4 Å². The fourth-order valence-corrected chi connectivity index (χ4v) is 1.50. The fraction of sp³-hybridized carbons (Fsp3) is 1.00. The van der Waals surface area contributed by atoms with Crippen LogP contribution in [0.2, 0.25) is 0 Å². The van der Waals surface area contributed by atoms with Crippen LogP contribution in [-0.2, 0) is 9.47 Å². The first kappa shape index (κ1) is 15.8. The van der Waals surface area contributed by atoms with Crippen LogP contribution in [0, 0.1) is 0 Å². The first-order valence-electron chi connectivity index (χ1n) is 6.01. The second kappa shape index (κ2) is 8.93. The van der Waals surface area contributed by atoms with E-state index in [0.29, 0.717) is 13.2 Å². The standard InChI is InChI=1S/C12H27NO3/c1-5-13(11-12(2,3)14)7-10-16-9-6-8-15-4/h14H,5-11H2,1-4H3. The molecule has 1 N–H and O–H groups in total. The van der Waals surface area contributed by atoms with E-state index >= 15 is 0 Å². The van der Waals surface area contributed by atoms with E-state index in [4.69, 9.17) is 9.47 Å². The number of likely N-dealkylation sites (N-methyl/N-ethyl adjacent to an activating group) is 1. The summed E-state index contributed by atoms with van der Waals surface area (Å²) in [7, 11) is 1.70.